The van der Waals surface area contributed by atoms with Gasteiger partial charge in [-0.2, -0.15) is 0 Å². The fraction of sp³-hybridized carbons (Fsp3) is 0.0145. The maximum absolute atomic E-state index is 5.23. The van der Waals surface area contributed by atoms with E-state index in [1.54, 1.807) is 0 Å². The van der Waals surface area contributed by atoms with Gasteiger partial charge in [-0.15, -0.1) is 0 Å². The molecule has 13 rings (SSSR count). The third-order valence-corrected chi connectivity index (χ3v) is 14.5. The number of nitrogens with zero attached hydrogens (tertiary/aromatic N) is 2. The van der Waals surface area contributed by atoms with Crippen LogP contribution in [0.25, 0.3) is 100 Å². The summed E-state index contributed by atoms with van der Waals surface area (Å²) >= 11 is 0. The third kappa shape index (κ3) is 7.37. The molecule has 0 spiro atoms. The minimum Gasteiger partial charge on any atom is -0.228 e. The summed E-state index contributed by atoms with van der Waals surface area (Å²) in [7, 11) is 0. The smallest absolute Gasteiger partial charge is 0.160 e. The van der Waals surface area contributed by atoms with Crippen molar-refractivity contribution in [1.82, 2.24) is 9.97 Å². The van der Waals surface area contributed by atoms with E-state index in [2.05, 4.69) is 255 Å². The van der Waals surface area contributed by atoms with Gasteiger partial charge in [-0.25, -0.2) is 9.97 Å². The summed E-state index contributed by atoms with van der Waals surface area (Å²) in [6.07, 6.45) is 0. The Hall–Kier alpha value is -9.24. The van der Waals surface area contributed by atoms with Crippen molar-refractivity contribution in [2.75, 3.05) is 0 Å². The first kappa shape index (κ1) is 41.9. The first-order valence-corrected chi connectivity index (χ1v) is 24.4. The van der Waals surface area contributed by atoms with E-state index in [-0.39, 0.29) is 0 Å². The average molecular weight is 903 g/mol. The van der Waals surface area contributed by atoms with E-state index in [4.69, 9.17) is 9.97 Å². The van der Waals surface area contributed by atoms with Crippen molar-refractivity contribution in [3.05, 3.63) is 301 Å². The highest BCUT2D eigenvalue weighted by Crippen LogP contribution is 2.56. The SMILES string of the molecule is c1ccc(-c2ccc(-c3cc(-c4ccc(-c5ccc(-c6ccc(-c7ccc8c(c7)C(c7ccccc7)(c7ccccc7)c7ccccc7-8)cc6)cc5)c5ccccc45)nc(-c4ccccc4)n3)cc2)cc1. The molecule has 0 amide bonds. The normalized spacial score (nSPS) is 12.3. The first-order valence-electron chi connectivity index (χ1n) is 24.4. The van der Waals surface area contributed by atoms with Crippen molar-refractivity contribution in [2.45, 2.75) is 5.41 Å². The van der Waals surface area contributed by atoms with Crippen molar-refractivity contribution >= 4 is 10.8 Å². The molecule has 1 aliphatic carbocycles. The fourth-order valence-electron chi connectivity index (χ4n) is 11.0. The second-order valence-corrected chi connectivity index (χ2v) is 18.4. The van der Waals surface area contributed by atoms with Crippen LogP contribution in [0.4, 0.5) is 0 Å². The van der Waals surface area contributed by atoms with Gasteiger partial charge in [0.1, 0.15) is 0 Å². The molecule has 12 aromatic rings. The topological polar surface area (TPSA) is 25.8 Å². The summed E-state index contributed by atoms with van der Waals surface area (Å²) in [5.74, 6) is 0.702. The van der Waals surface area contributed by atoms with E-state index >= 15 is 0 Å². The summed E-state index contributed by atoms with van der Waals surface area (Å²) in [4.78, 5) is 10.4. The van der Waals surface area contributed by atoms with E-state index in [0.29, 0.717) is 5.82 Å². The monoisotopic (exact) mass is 902 g/mol. The molecule has 11 aromatic carbocycles. The molecular weight excluding hydrogens is 857 g/mol. The van der Waals surface area contributed by atoms with Gasteiger partial charge in [0.25, 0.3) is 0 Å². The minimum absolute atomic E-state index is 0.431. The van der Waals surface area contributed by atoms with Crippen molar-refractivity contribution < 1.29 is 0 Å². The molecule has 1 heterocycles. The standard InChI is InChI=1S/C69H46N2/c1-5-17-47(18-6-1)48-35-39-53(40-36-48)66-46-67(71-68(70-66)54-19-7-2-8-20-54)63-44-43-58(59-25-13-14-26-60(59)63)52-37-33-50(34-38-52)49-29-31-51(32-30-49)55-41-42-62-61-27-15-16-28-64(61)69(65(62)45-55,56-21-9-3-10-22-56)57-23-11-4-12-24-57/h1-46H. The highest BCUT2D eigenvalue weighted by atomic mass is 14.9. The van der Waals surface area contributed by atoms with Gasteiger partial charge in [-0.05, 0) is 101 Å². The Bertz CT molecular complexity index is 3830. The predicted octanol–water partition coefficient (Wildman–Crippen LogP) is 17.7. The maximum Gasteiger partial charge on any atom is 0.160 e. The molecule has 0 aliphatic heterocycles. The molecule has 0 radical (unpaired) electrons. The molecule has 0 N–H and O–H groups in total. The lowest BCUT2D eigenvalue weighted by atomic mass is 9.67. The summed E-state index contributed by atoms with van der Waals surface area (Å²) in [5.41, 5.74) is 21.7. The fourth-order valence-corrected chi connectivity index (χ4v) is 11.0. The molecular formula is C69H46N2. The minimum atomic E-state index is -0.431. The van der Waals surface area contributed by atoms with E-state index in [1.807, 2.05) is 24.3 Å². The zero-order valence-electron chi connectivity index (χ0n) is 39.0. The lowest BCUT2D eigenvalue weighted by Crippen LogP contribution is -2.28. The largest absolute Gasteiger partial charge is 0.228 e. The van der Waals surface area contributed by atoms with Gasteiger partial charge in [0.2, 0.25) is 0 Å². The zero-order valence-corrected chi connectivity index (χ0v) is 39.0. The molecule has 0 saturated carbocycles. The Balaban J connectivity index is 0.822. The Labute approximate surface area is 414 Å². The Morgan fingerprint density at radius 3 is 1.23 bits per heavy atom. The number of benzene rings is 11. The van der Waals surface area contributed by atoms with Crippen molar-refractivity contribution in [2.24, 2.45) is 0 Å². The van der Waals surface area contributed by atoms with Crippen LogP contribution in [0.15, 0.2) is 279 Å². The molecule has 332 valence electrons. The molecule has 2 heteroatoms. The molecule has 2 nitrogen and oxygen atoms in total. The lowest BCUT2D eigenvalue weighted by molar-refractivity contribution is 0.769. The van der Waals surface area contributed by atoms with Gasteiger partial charge in [0.05, 0.1) is 16.8 Å². The second-order valence-electron chi connectivity index (χ2n) is 18.4. The van der Waals surface area contributed by atoms with Crippen molar-refractivity contribution in [3.63, 3.8) is 0 Å². The molecule has 0 saturated heterocycles. The highest BCUT2D eigenvalue weighted by Gasteiger charge is 2.46. The zero-order chi connectivity index (χ0) is 47.1. The molecule has 0 atom stereocenters. The van der Waals surface area contributed by atoms with Gasteiger partial charge < -0.3 is 0 Å². The van der Waals surface area contributed by atoms with Crippen LogP contribution in [0.3, 0.4) is 0 Å². The quantitative estimate of drug-likeness (QED) is 0.144. The van der Waals surface area contributed by atoms with Crippen LogP contribution in [0.5, 0.6) is 0 Å². The van der Waals surface area contributed by atoms with Crippen LogP contribution in [-0.4, -0.2) is 9.97 Å². The third-order valence-electron chi connectivity index (χ3n) is 14.5. The number of hydrogen-bond acceptors (Lipinski definition) is 2. The summed E-state index contributed by atoms with van der Waals surface area (Å²) in [6, 6.07) is 101. The van der Waals surface area contributed by atoms with E-state index in [9.17, 15) is 0 Å². The van der Waals surface area contributed by atoms with Crippen LogP contribution >= 0.6 is 0 Å². The average Bonchev–Trinajstić information content (AvgIpc) is 3.76. The van der Waals surface area contributed by atoms with E-state index in [0.717, 1.165) is 33.5 Å². The lowest BCUT2D eigenvalue weighted by Gasteiger charge is -2.34. The van der Waals surface area contributed by atoms with Crippen molar-refractivity contribution in [1.29, 1.82) is 0 Å². The Morgan fingerprint density at radius 1 is 0.225 bits per heavy atom. The summed E-state index contributed by atoms with van der Waals surface area (Å²) in [6.45, 7) is 0. The molecule has 1 aliphatic rings. The highest BCUT2D eigenvalue weighted by molar-refractivity contribution is 6.05. The Kier molecular flexibility index (Phi) is 10.4. The molecule has 0 bridgehead atoms. The maximum atomic E-state index is 5.23. The molecule has 71 heavy (non-hydrogen) atoms. The van der Waals surface area contributed by atoms with Crippen LogP contribution in [0, 0.1) is 0 Å². The second kappa shape index (κ2) is 17.7. The van der Waals surface area contributed by atoms with Crippen molar-refractivity contribution in [3.8, 4) is 89.5 Å². The van der Waals surface area contributed by atoms with Crippen LogP contribution in [0.1, 0.15) is 22.3 Å². The summed E-state index contributed by atoms with van der Waals surface area (Å²) < 4.78 is 0. The van der Waals surface area contributed by atoms with Gasteiger partial charge in [-0.3, -0.25) is 0 Å². The number of hydrogen-bond donors (Lipinski definition) is 0. The first-order chi connectivity index (χ1) is 35.2. The summed E-state index contributed by atoms with van der Waals surface area (Å²) in [5, 5.41) is 2.32. The van der Waals surface area contributed by atoms with E-state index in [1.165, 1.54) is 83.3 Å². The molecule has 0 unspecified atom stereocenters. The predicted molar refractivity (Wildman–Crippen MR) is 295 cm³/mol. The van der Waals surface area contributed by atoms with Gasteiger partial charge in [0, 0.05) is 16.7 Å². The molecule has 1 aromatic heterocycles. The number of aromatic nitrogens is 2. The van der Waals surface area contributed by atoms with Gasteiger partial charge >= 0.3 is 0 Å². The van der Waals surface area contributed by atoms with E-state index < -0.39 is 5.41 Å². The van der Waals surface area contributed by atoms with Crippen LogP contribution in [-0.2, 0) is 5.41 Å². The number of fused-ring (bicyclic) bond motifs is 4. The molecule has 0 fully saturated rings. The van der Waals surface area contributed by atoms with Crippen LogP contribution < -0.4 is 0 Å². The number of rotatable bonds is 9. The Morgan fingerprint density at radius 2 is 0.620 bits per heavy atom. The van der Waals surface area contributed by atoms with Crippen LogP contribution in [0.2, 0.25) is 0 Å². The van der Waals surface area contributed by atoms with Gasteiger partial charge in [0.15, 0.2) is 5.82 Å². The van der Waals surface area contributed by atoms with Gasteiger partial charge in [-0.1, -0.05) is 267 Å².